The fourth-order valence-corrected chi connectivity index (χ4v) is 4.02. The third kappa shape index (κ3) is 4.09. The number of hydrogen-bond acceptors (Lipinski definition) is 5. The summed E-state index contributed by atoms with van der Waals surface area (Å²) < 4.78 is 12.2. The standard InChI is InChI=1S/C16H12I2N2O4/c17-11-5-10(16(22)12(18)6-11)7-19-20-15(21)4-9-1-2-13-14(3-9)24-8-23-13/h1-3,5-7,22H,4,8H2,(H,20,21)/b19-7-. The molecule has 0 bridgehead atoms. The molecule has 0 aromatic heterocycles. The monoisotopic (exact) mass is 550 g/mol. The van der Waals surface area contributed by atoms with Crippen molar-refractivity contribution in [1.82, 2.24) is 5.43 Å². The average molecular weight is 550 g/mol. The number of hydrazone groups is 1. The molecule has 0 unspecified atom stereocenters. The van der Waals surface area contributed by atoms with E-state index in [2.05, 4.69) is 33.1 Å². The van der Waals surface area contributed by atoms with E-state index in [1.165, 1.54) is 6.21 Å². The molecule has 0 atom stereocenters. The number of benzene rings is 2. The number of halogens is 2. The summed E-state index contributed by atoms with van der Waals surface area (Å²) in [7, 11) is 0. The molecule has 2 aromatic rings. The molecule has 0 saturated carbocycles. The van der Waals surface area contributed by atoms with E-state index < -0.39 is 0 Å². The van der Waals surface area contributed by atoms with Crippen LogP contribution < -0.4 is 14.9 Å². The molecule has 1 aliphatic rings. The average Bonchev–Trinajstić information content (AvgIpc) is 2.99. The second kappa shape index (κ2) is 7.55. The van der Waals surface area contributed by atoms with Gasteiger partial charge in [0.1, 0.15) is 5.75 Å². The van der Waals surface area contributed by atoms with Crippen molar-refractivity contribution in [1.29, 1.82) is 0 Å². The van der Waals surface area contributed by atoms with Crippen LogP contribution >= 0.6 is 45.2 Å². The topological polar surface area (TPSA) is 80.2 Å². The predicted molar refractivity (Wildman–Crippen MR) is 106 cm³/mol. The molecule has 6 nitrogen and oxygen atoms in total. The second-order valence-corrected chi connectivity index (χ2v) is 7.39. The minimum absolute atomic E-state index is 0.143. The van der Waals surface area contributed by atoms with Gasteiger partial charge in [-0.05, 0) is 75.0 Å². The van der Waals surface area contributed by atoms with Gasteiger partial charge in [0, 0.05) is 9.13 Å². The van der Waals surface area contributed by atoms with Gasteiger partial charge in [-0.3, -0.25) is 4.79 Å². The molecule has 0 spiro atoms. The molecule has 8 heteroatoms. The molecule has 2 N–H and O–H groups in total. The predicted octanol–water partition coefficient (Wildman–Crippen LogP) is 3.02. The van der Waals surface area contributed by atoms with Crippen LogP contribution in [-0.4, -0.2) is 24.0 Å². The normalized spacial score (nSPS) is 12.6. The van der Waals surface area contributed by atoms with Crippen molar-refractivity contribution in [3.05, 3.63) is 48.6 Å². The van der Waals surface area contributed by atoms with Gasteiger partial charge in [-0.2, -0.15) is 5.10 Å². The Labute approximate surface area is 165 Å². The fraction of sp³-hybridized carbons (Fsp3) is 0.125. The molecular weight excluding hydrogens is 538 g/mol. The van der Waals surface area contributed by atoms with Gasteiger partial charge >= 0.3 is 0 Å². The lowest BCUT2D eigenvalue weighted by Crippen LogP contribution is -2.19. The van der Waals surface area contributed by atoms with E-state index in [1.54, 1.807) is 18.2 Å². The first-order valence-corrected chi connectivity index (χ1v) is 9.07. The number of phenols is 1. The quantitative estimate of drug-likeness (QED) is 0.349. The number of fused-ring (bicyclic) bond motifs is 1. The maximum atomic E-state index is 12.0. The van der Waals surface area contributed by atoms with Crippen LogP contribution in [0.1, 0.15) is 11.1 Å². The Kier molecular flexibility index (Phi) is 5.43. The number of nitrogens with one attached hydrogen (secondary N) is 1. The molecule has 3 rings (SSSR count). The molecule has 2 aromatic carbocycles. The highest BCUT2D eigenvalue weighted by Crippen LogP contribution is 2.32. The molecule has 0 saturated heterocycles. The number of aromatic hydroxyl groups is 1. The van der Waals surface area contributed by atoms with E-state index in [0.717, 1.165) is 12.7 Å². The zero-order valence-corrected chi connectivity index (χ0v) is 16.6. The summed E-state index contributed by atoms with van der Waals surface area (Å²) in [6, 6.07) is 9.00. The fourth-order valence-electron chi connectivity index (χ4n) is 2.13. The third-order valence-electron chi connectivity index (χ3n) is 3.25. The van der Waals surface area contributed by atoms with E-state index >= 15 is 0 Å². The summed E-state index contributed by atoms with van der Waals surface area (Å²) >= 11 is 4.20. The Morgan fingerprint density at radius 2 is 2.04 bits per heavy atom. The van der Waals surface area contributed by atoms with Crippen molar-refractivity contribution < 1.29 is 19.4 Å². The smallest absolute Gasteiger partial charge is 0.244 e. The summed E-state index contributed by atoms with van der Waals surface area (Å²) in [5, 5.41) is 13.9. The van der Waals surface area contributed by atoms with E-state index in [0.29, 0.717) is 17.1 Å². The third-order valence-corrected chi connectivity index (χ3v) is 4.70. The van der Waals surface area contributed by atoms with E-state index in [4.69, 9.17) is 9.47 Å². The number of phenolic OH excluding ortho intramolecular Hbond substituents is 1. The molecule has 124 valence electrons. The summed E-state index contributed by atoms with van der Waals surface area (Å²) in [5.74, 6) is 1.21. The van der Waals surface area contributed by atoms with Gasteiger partial charge in [0.2, 0.25) is 12.7 Å². The molecule has 1 heterocycles. The number of rotatable bonds is 4. The van der Waals surface area contributed by atoms with Crippen LogP contribution in [0.2, 0.25) is 0 Å². The van der Waals surface area contributed by atoms with Crippen LogP contribution in [0.25, 0.3) is 0 Å². The second-order valence-electron chi connectivity index (χ2n) is 4.98. The Morgan fingerprint density at radius 3 is 2.88 bits per heavy atom. The molecule has 0 fully saturated rings. The van der Waals surface area contributed by atoms with Crippen molar-refractivity contribution >= 4 is 57.3 Å². The molecule has 24 heavy (non-hydrogen) atoms. The maximum Gasteiger partial charge on any atom is 0.244 e. The first-order valence-electron chi connectivity index (χ1n) is 6.91. The lowest BCUT2D eigenvalue weighted by molar-refractivity contribution is -0.120. The number of carbonyl (C=O) groups is 1. The summed E-state index contributed by atoms with van der Waals surface area (Å²) in [5.41, 5.74) is 3.81. The van der Waals surface area contributed by atoms with E-state index in [1.807, 2.05) is 34.7 Å². The van der Waals surface area contributed by atoms with Gasteiger partial charge in [-0.15, -0.1) is 0 Å². The summed E-state index contributed by atoms with van der Waals surface area (Å²) in [6.45, 7) is 0.202. The summed E-state index contributed by atoms with van der Waals surface area (Å²) in [6.07, 6.45) is 1.60. The largest absolute Gasteiger partial charge is 0.506 e. The van der Waals surface area contributed by atoms with Crippen molar-refractivity contribution in [2.45, 2.75) is 6.42 Å². The van der Waals surface area contributed by atoms with Crippen molar-refractivity contribution in [2.24, 2.45) is 5.10 Å². The zero-order valence-electron chi connectivity index (χ0n) is 12.3. The minimum Gasteiger partial charge on any atom is -0.506 e. The van der Waals surface area contributed by atoms with Gasteiger partial charge < -0.3 is 14.6 Å². The highest BCUT2D eigenvalue weighted by molar-refractivity contribution is 14.1. The molecule has 0 aliphatic carbocycles. The number of carbonyl (C=O) groups excluding carboxylic acids is 1. The number of nitrogens with zero attached hydrogens (tertiary/aromatic N) is 1. The Morgan fingerprint density at radius 1 is 1.25 bits per heavy atom. The highest BCUT2D eigenvalue weighted by Gasteiger charge is 2.14. The molecule has 1 amide bonds. The lowest BCUT2D eigenvalue weighted by atomic mass is 10.1. The Bertz CT molecular complexity index is 824. The number of ether oxygens (including phenoxy) is 2. The van der Waals surface area contributed by atoms with Crippen LogP contribution in [0.5, 0.6) is 17.2 Å². The van der Waals surface area contributed by atoms with Crippen LogP contribution in [0.3, 0.4) is 0 Å². The molecule has 1 aliphatic heterocycles. The molecular formula is C16H12I2N2O4. The number of amides is 1. The first kappa shape index (κ1) is 17.3. The zero-order chi connectivity index (χ0) is 17.1. The van der Waals surface area contributed by atoms with Crippen LogP contribution in [-0.2, 0) is 11.2 Å². The minimum atomic E-state index is -0.259. The van der Waals surface area contributed by atoms with Crippen LogP contribution in [0, 0.1) is 7.14 Å². The van der Waals surface area contributed by atoms with Crippen LogP contribution in [0.4, 0.5) is 0 Å². The summed E-state index contributed by atoms with van der Waals surface area (Å²) in [4.78, 5) is 12.0. The van der Waals surface area contributed by atoms with Gasteiger partial charge in [0.15, 0.2) is 11.5 Å². The molecule has 0 radical (unpaired) electrons. The van der Waals surface area contributed by atoms with Gasteiger partial charge in [-0.25, -0.2) is 5.43 Å². The van der Waals surface area contributed by atoms with Crippen molar-refractivity contribution in [2.75, 3.05) is 6.79 Å². The van der Waals surface area contributed by atoms with Crippen molar-refractivity contribution in [3.8, 4) is 17.2 Å². The van der Waals surface area contributed by atoms with Gasteiger partial charge in [-0.1, -0.05) is 6.07 Å². The van der Waals surface area contributed by atoms with Crippen LogP contribution in [0.15, 0.2) is 35.4 Å². The van der Waals surface area contributed by atoms with E-state index in [-0.39, 0.29) is 24.9 Å². The Hall–Kier alpha value is -1.56. The first-order chi connectivity index (χ1) is 11.5. The number of hydrogen-bond donors (Lipinski definition) is 2. The van der Waals surface area contributed by atoms with E-state index in [9.17, 15) is 9.90 Å². The van der Waals surface area contributed by atoms with Gasteiger partial charge in [0.05, 0.1) is 16.2 Å². The maximum absolute atomic E-state index is 12.0. The highest BCUT2D eigenvalue weighted by atomic mass is 127. The lowest BCUT2D eigenvalue weighted by Gasteiger charge is -2.04. The SMILES string of the molecule is O=C(Cc1ccc2c(c1)OCO2)N/N=C\c1cc(I)cc(I)c1O. The van der Waals surface area contributed by atoms with Gasteiger partial charge in [0.25, 0.3) is 0 Å². The van der Waals surface area contributed by atoms with Crippen molar-refractivity contribution in [3.63, 3.8) is 0 Å². The Balaban J connectivity index is 1.61.